The lowest BCUT2D eigenvalue weighted by molar-refractivity contribution is -0.197. The van der Waals surface area contributed by atoms with Crippen LogP contribution in [0.3, 0.4) is 0 Å². The zero-order chi connectivity index (χ0) is 43.2. The number of ether oxygens (including phenoxy) is 6. The van der Waals surface area contributed by atoms with Gasteiger partial charge in [0.25, 0.3) is 5.56 Å². The number of aromatic nitrogens is 4. The van der Waals surface area contributed by atoms with Crippen LogP contribution < -0.4 is 16.6 Å². The van der Waals surface area contributed by atoms with Gasteiger partial charge < -0.3 is 38.3 Å². The predicted octanol–water partition coefficient (Wildman–Crippen LogP) is 2.83. The number of nitrogens with one attached hydrogen (secondary N) is 1. The van der Waals surface area contributed by atoms with E-state index in [1.54, 1.807) is 67.5 Å². The topological polar surface area (TPSA) is 240 Å². The van der Waals surface area contributed by atoms with E-state index in [-0.39, 0.29) is 36.2 Å². The molecule has 19 heteroatoms. The maximum absolute atomic E-state index is 14.7. The Bertz CT molecular complexity index is 2110. The fraction of sp³-hybridized carbons (Fsp3) is 0.579. The van der Waals surface area contributed by atoms with Crippen LogP contribution in [0, 0.1) is 13.8 Å². The molecule has 0 bridgehead atoms. The normalized spacial score (nSPS) is 13.8. The molecule has 0 radical (unpaired) electrons. The van der Waals surface area contributed by atoms with Crippen molar-refractivity contribution in [1.82, 2.24) is 24.4 Å². The molecule has 0 fully saturated rings. The molecule has 0 saturated carbocycles. The number of amides is 1. The van der Waals surface area contributed by atoms with Gasteiger partial charge in [0.15, 0.2) is 35.9 Å². The highest BCUT2D eigenvalue weighted by atomic mass is 16.6. The Hall–Kier alpha value is -5.88. The second kappa shape index (κ2) is 18.4. The Morgan fingerprint density at radius 2 is 1.32 bits per heavy atom. The van der Waals surface area contributed by atoms with E-state index in [0.29, 0.717) is 5.56 Å². The molecule has 3 rings (SSSR count). The van der Waals surface area contributed by atoms with Crippen molar-refractivity contribution in [3.05, 3.63) is 44.1 Å². The molecule has 4 atom stereocenters. The Labute approximate surface area is 328 Å². The second-order valence-corrected chi connectivity index (χ2v) is 15.3. The lowest BCUT2D eigenvalue weighted by Crippen LogP contribution is -2.53. The Balaban J connectivity index is 2.46. The summed E-state index contributed by atoms with van der Waals surface area (Å²) in [5.74, 6) is -5.28. The van der Waals surface area contributed by atoms with Crippen molar-refractivity contribution in [3.8, 4) is 11.5 Å². The van der Waals surface area contributed by atoms with Crippen LogP contribution in [-0.2, 0) is 58.9 Å². The first-order valence-electron chi connectivity index (χ1n) is 18.1. The molecule has 1 N–H and O–H groups in total. The van der Waals surface area contributed by atoms with Crippen molar-refractivity contribution in [2.45, 2.75) is 132 Å². The summed E-state index contributed by atoms with van der Waals surface area (Å²) in [4.78, 5) is 113. The number of fused-ring (bicyclic) bond motifs is 2. The number of alkyl carbamates (subject to hydrolysis) is 1. The summed E-state index contributed by atoms with van der Waals surface area (Å²) >= 11 is 0. The summed E-state index contributed by atoms with van der Waals surface area (Å²) in [6.07, 6.45) is -6.12. The van der Waals surface area contributed by atoms with Crippen molar-refractivity contribution in [1.29, 1.82) is 0 Å². The highest BCUT2D eigenvalue weighted by Gasteiger charge is 2.49. The first-order chi connectivity index (χ1) is 26.3. The SMILES string of the molecule is CC(=O)OC[C@H](OC(C)=O)[C@H](OC(C)=O)[C@H](OC(C)=O)C(C(=O)OC(C)(C)C)n1c2nc(=O)n(CCCNC(=O)OC(C)(C)C)c(=O)c-2nc2cc(C)c(C)cc21. The lowest BCUT2D eigenvalue weighted by Gasteiger charge is -2.37. The average molecular weight is 802 g/mol. The molecule has 1 aromatic carbocycles. The number of nitrogens with zero attached hydrogens (tertiary/aromatic N) is 4. The van der Waals surface area contributed by atoms with E-state index in [0.717, 1.165) is 42.4 Å². The van der Waals surface area contributed by atoms with Gasteiger partial charge in [0.05, 0.1) is 11.0 Å². The average Bonchev–Trinajstić information content (AvgIpc) is 3.03. The maximum Gasteiger partial charge on any atom is 0.407 e. The van der Waals surface area contributed by atoms with Gasteiger partial charge in [-0.25, -0.2) is 19.4 Å². The minimum absolute atomic E-state index is 0.0294. The third-order valence-electron chi connectivity index (χ3n) is 7.93. The molecule has 0 saturated heterocycles. The lowest BCUT2D eigenvalue weighted by atomic mass is 9.98. The molecule has 1 unspecified atom stereocenters. The second-order valence-electron chi connectivity index (χ2n) is 15.3. The Kier molecular flexibility index (Phi) is 14.7. The van der Waals surface area contributed by atoms with Crippen LogP contribution in [0.5, 0.6) is 0 Å². The summed E-state index contributed by atoms with van der Waals surface area (Å²) in [6.45, 7) is 16.5. The molecular weight excluding hydrogens is 750 g/mol. The highest BCUT2D eigenvalue weighted by Crippen LogP contribution is 2.34. The fourth-order valence-corrected chi connectivity index (χ4v) is 5.71. The third-order valence-corrected chi connectivity index (χ3v) is 7.93. The van der Waals surface area contributed by atoms with Gasteiger partial charge in [0.2, 0.25) is 0 Å². The predicted molar refractivity (Wildman–Crippen MR) is 201 cm³/mol. The van der Waals surface area contributed by atoms with Crippen LogP contribution >= 0.6 is 0 Å². The van der Waals surface area contributed by atoms with Crippen LogP contribution in [0.1, 0.15) is 92.8 Å². The summed E-state index contributed by atoms with van der Waals surface area (Å²) in [5.41, 5.74) is -2.67. The van der Waals surface area contributed by atoms with Crippen LogP contribution in [0.2, 0.25) is 0 Å². The number of aryl methyl sites for hydroxylation is 2. The van der Waals surface area contributed by atoms with Crippen LogP contribution in [-0.4, -0.2) is 97.7 Å². The van der Waals surface area contributed by atoms with Gasteiger partial charge in [-0.3, -0.25) is 28.5 Å². The van der Waals surface area contributed by atoms with E-state index >= 15 is 0 Å². The number of benzene rings is 1. The minimum atomic E-state index is -1.97. The first-order valence-corrected chi connectivity index (χ1v) is 18.1. The molecular formula is C38H51N5O14. The van der Waals surface area contributed by atoms with E-state index in [2.05, 4.69) is 15.3 Å². The quantitative estimate of drug-likeness (QED) is 0.107. The molecule has 1 aromatic rings. The van der Waals surface area contributed by atoms with Crippen molar-refractivity contribution in [2.24, 2.45) is 0 Å². The van der Waals surface area contributed by atoms with Gasteiger partial charge >= 0.3 is 41.6 Å². The number of carbonyl (C=O) groups excluding carboxylic acids is 6. The van der Waals surface area contributed by atoms with E-state index in [1.807, 2.05) is 0 Å². The number of carbonyl (C=O) groups is 6. The molecule has 19 nitrogen and oxygen atoms in total. The summed E-state index contributed by atoms with van der Waals surface area (Å²) in [7, 11) is 0. The molecule has 0 aliphatic carbocycles. The zero-order valence-corrected chi connectivity index (χ0v) is 34.3. The van der Waals surface area contributed by atoms with Gasteiger partial charge in [0, 0.05) is 40.8 Å². The van der Waals surface area contributed by atoms with Crippen LogP contribution in [0.25, 0.3) is 22.6 Å². The smallest absolute Gasteiger partial charge is 0.407 e. The van der Waals surface area contributed by atoms with Gasteiger partial charge in [0.1, 0.15) is 17.8 Å². The molecule has 2 aliphatic rings. The number of hydrogen-bond donors (Lipinski definition) is 1. The van der Waals surface area contributed by atoms with Crippen molar-refractivity contribution in [2.75, 3.05) is 13.2 Å². The number of esters is 5. The highest BCUT2D eigenvalue weighted by molar-refractivity contribution is 5.86. The van der Waals surface area contributed by atoms with E-state index in [1.165, 1.54) is 0 Å². The molecule has 2 heterocycles. The Morgan fingerprint density at radius 3 is 1.86 bits per heavy atom. The van der Waals surface area contributed by atoms with Gasteiger partial charge in [-0.2, -0.15) is 4.98 Å². The molecule has 1 amide bonds. The maximum atomic E-state index is 14.7. The van der Waals surface area contributed by atoms with E-state index in [9.17, 15) is 38.4 Å². The minimum Gasteiger partial charge on any atom is -0.462 e. The standard InChI is InChI=1S/C38H51N5O14/c1-19-16-25-26(17-20(19)2)43(32-28(40-25)33(48)42(35(50)41-32)15-13-14-39-36(51)57-38(10,11)12)29(34(49)56-37(7,8)9)31(55-24(6)47)30(54-23(5)46)27(53-22(4)45)18-52-21(3)44/h16-17,27,29-31H,13-15,18H2,1-12H3,(H,39,51)/t27-,29?,30-,31+/m0/s1. The summed E-state index contributed by atoms with van der Waals surface area (Å²) in [5, 5.41) is 2.56. The monoisotopic (exact) mass is 801 g/mol. The van der Waals surface area contributed by atoms with E-state index < -0.39 is 95.2 Å². The molecule has 0 spiro atoms. The molecule has 0 aromatic heterocycles. The zero-order valence-electron chi connectivity index (χ0n) is 34.3. The Morgan fingerprint density at radius 1 is 0.754 bits per heavy atom. The molecule has 312 valence electrons. The number of hydrogen-bond acceptors (Lipinski definition) is 16. The summed E-state index contributed by atoms with van der Waals surface area (Å²) in [6, 6.07) is 1.27. The van der Waals surface area contributed by atoms with E-state index in [4.69, 9.17) is 28.4 Å². The third kappa shape index (κ3) is 12.6. The van der Waals surface area contributed by atoms with Gasteiger partial charge in [-0.1, -0.05) is 0 Å². The largest absolute Gasteiger partial charge is 0.462 e. The molecule has 57 heavy (non-hydrogen) atoms. The first kappa shape index (κ1) is 45.5. The number of rotatable bonds is 14. The van der Waals surface area contributed by atoms with Crippen molar-refractivity contribution in [3.63, 3.8) is 0 Å². The van der Waals surface area contributed by atoms with Gasteiger partial charge in [-0.05, 0) is 85.1 Å². The van der Waals surface area contributed by atoms with Crippen molar-refractivity contribution >= 4 is 47.0 Å². The summed E-state index contributed by atoms with van der Waals surface area (Å²) < 4.78 is 35.0. The van der Waals surface area contributed by atoms with Crippen LogP contribution in [0.15, 0.2) is 21.7 Å². The molecule has 2 aliphatic heterocycles. The van der Waals surface area contributed by atoms with Crippen LogP contribution in [0.4, 0.5) is 4.79 Å². The fourth-order valence-electron chi connectivity index (χ4n) is 5.71. The van der Waals surface area contributed by atoms with Gasteiger partial charge in [-0.15, -0.1) is 0 Å². The van der Waals surface area contributed by atoms with Crippen molar-refractivity contribution < 1.29 is 57.2 Å².